The summed E-state index contributed by atoms with van der Waals surface area (Å²) in [5.41, 5.74) is 4.78. The molecule has 0 spiro atoms. The number of hydrogen-bond donors (Lipinski definition) is 1. The van der Waals surface area contributed by atoms with Crippen molar-refractivity contribution in [2.75, 3.05) is 0 Å². The molecule has 0 fully saturated rings. The van der Waals surface area contributed by atoms with E-state index >= 15 is 0 Å². The van der Waals surface area contributed by atoms with Gasteiger partial charge in [-0.15, -0.1) is 0 Å². The Labute approximate surface area is 127 Å². The van der Waals surface area contributed by atoms with Crippen LogP contribution < -0.4 is 5.32 Å². The maximum atomic E-state index is 5.98. The Bertz CT molecular complexity index is 593. The van der Waals surface area contributed by atoms with Gasteiger partial charge in [-0.05, 0) is 47.5 Å². The maximum absolute atomic E-state index is 5.98. The van der Waals surface area contributed by atoms with Gasteiger partial charge in [0, 0.05) is 35.9 Å². The zero-order valence-electron chi connectivity index (χ0n) is 11.3. The fourth-order valence-electron chi connectivity index (χ4n) is 2.05. The number of benzene rings is 1. The van der Waals surface area contributed by atoms with Crippen molar-refractivity contribution < 1.29 is 0 Å². The summed E-state index contributed by atoms with van der Waals surface area (Å²) in [5, 5.41) is 8.59. The van der Waals surface area contributed by atoms with E-state index in [1.165, 1.54) is 16.8 Å². The number of aromatic nitrogens is 2. The normalized spacial score (nSPS) is 11.0. The summed E-state index contributed by atoms with van der Waals surface area (Å²) < 4.78 is 2.85. The van der Waals surface area contributed by atoms with Crippen LogP contribution in [0.4, 0.5) is 0 Å². The fourth-order valence-corrected chi connectivity index (χ4v) is 2.60. The second-order valence-electron chi connectivity index (χ2n) is 4.62. The van der Waals surface area contributed by atoms with E-state index in [0.29, 0.717) is 0 Å². The summed E-state index contributed by atoms with van der Waals surface area (Å²) in [6.45, 7) is 5.77. The molecule has 0 bridgehead atoms. The zero-order chi connectivity index (χ0) is 14.0. The van der Waals surface area contributed by atoms with Crippen LogP contribution in [0.3, 0.4) is 0 Å². The molecule has 5 heteroatoms. The standard InChI is InChI=1S/C14H17BrClN3/c1-9-12(10(2)19(3)18-9)8-17-7-11-4-5-14(16)13(15)6-11/h4-6,17H,7-8H2,1-3H3. The van der Waals surface area contributed by atoms with E-state index < -0.39 is 0 Å². The van der Waals surface area contributed by atoms with Gasteiger partial charge in [0.25, 0.3) is 0 Å². The average molecular weight is 343 g/mol. The van der Waals surface area contributed by atoms with Crippen LogP contribution in [0.5, 0.6) is 0 Å². The van der Waals surface area contributed by atoms with Gasteiger partial charge in [-0.1, -0.05) is 17.7 Å². The molecular weight excluding hydrogens is 326 g/mol. The summed E-state index contributed by atoms with van der Waals surface area (Å²) in [4.78, 5) is 0. The zero-order valence-corrected chi connectivity index (χ0v) is 13.6. The Kier molecular flexibility index (Phi) is 4.66. The first-order chi connectivity index (χ1) is 8.99. The predicted molar refractivity (Wildman–Crippen MR) is 82.4 cm³/mol. The first-order valence-corrected chi connectivity index (χ1v) is 7.30. The highest BCUT2D eigenvalue weighted by Crippen LogP contribution is 2.23. The van der Waals surface area contributed by atoms with Gasteiger partial charge in [0.2, 0.25) is 0 Å². The van der Waals surface area contributed by atoms with Gasteiger partial charge in [-0.25, -0.2) is 0 Å². The van der Waals surface area contributed by atoms with Crippen molar-refractivity contribution in [3.63, 3.8) is 0 Å². The fraction of sp³-hybridized carbons (Fsp3) is 0.357. The first kappa shape index (κ1) is 14.6. The molecule has 0 saturated heterocycles. The molecule has 2 rings (SSSR count). The third kappa shape index (κ3) is 3.38. The predicted octanol–water partition coefficient (Wildman–Crippen LogP) is 3.74. The lowest BCUT2D eigenvalue weighted by atomic mass is 10.2. The van der Waals surface area contributed by atoms with Gasteiger partial charge < -0.3 is 5.32 Å². The summed E-state index contributed by atoms with van der Waals surface area (Å²) in [6, 6.07) is 5.98. The molecular formula is C14H17BrClN3. The molecule has 102 valence electrons. The van der Waals surface area contributed by atoms with E-state index in [4.69, 9.17) is 11.6 Å². The first-order valence-electron chi connectivity index (χ1n) is 6.12. The summed E-state index contributed by atoms with van der Waals surface area (Å²) >= 11 is 9.41. The molecule has 0 aliphatic rings. The SMILES string of the molecule is Cc1nn(C)c(C)c1CNCc1ccc(Cl)c(Br)c1. The summed E-state index contributed by atoms with van der Waals surface area (Å²) in [7, 11) is 1.97. The molecule has 0 amide bonds. The van der Waals surface area contributed by atoms with Crippen molar-refractivity contribution in [2.24, 2.45) is 7.05 Å². The minimum atomic E-state index is 0.739. The molecule has 1 heterocycles. The molecule has 1 N–H and O–H groups in total. The topological polar surface area (TPSA) is 29.9 Å². The van der Waals surface area contributed by atoms with Gasteiger partial charge in [-0.2, -0.15) is 5.10 Å². The smallest absolute Gasteiger partial charge is 0.0641 e. The van der Waals surface area contributed by atoms with Gasteiger partial charge >= 0.3 is 0 Å². The maximum Gasteiger partial charge on any atom is 0.0641 e. The van der Waals surface area contributed by atoms with Crippen molar-refractivity contribution in [2.45, 2.75) is 26.9 Å². The quantitative estimate of drug-likeness (QED) is 0.917. The minimum Gasteiger partial charge on any atom is -0.308 e. The van der Waals surface area contributed by atoms with E-state index in [2.05, 4.69) is 33.3 Å². The molecule has 0 aliphatic carbocycles. The summed E-state index contributed by atoms with van der Waals surface area (Å²) in [5.74, 6) is 0. The lowest BCUT2D eigenvalue weighted by Crippen LogP contribution is -2.14. The van der Waals surface area contributed by atoms with Crippen molar-refractivity contribution in [1.29, 1.82) is 0 Å². The highest BCUT2D eigenvalue weighted by molar-refractivity contribution is 9.10. The van der Waals surface area contributed by atoms with Crippen molar-refractivity contribution in [3.05, 3.63) is 50.2 Å². The molecule has 3 nitrogen and oxygen atoms in total. The van der Waals surface area contributed by atoms with Crippen LogP contribution in [0.25, 0.3) is 0 Å². The number of aryl methyl sites for hydroxylation is 2. The Balaban J connectivity index is 1.98. The second-order valence-corrected chi connectivity index (χ2v) is 5.89. The molecule has 0 unspecified atom stereocenters. The number of nitrogens with zero attached hydrogens (tertiary/aromatic N) is 2. The highest BCUT2D eigenvalue weighted by Gasteiger charge is 2.08. The van der Waals surface area contributed by atoms with Gasteiger partial charge in [0.05, 0.1) is 10.7 Å². The second kappa shape index (κ2) is 6.07. The number of rotatable bonds is 4. The van der Waals surface area contributed by atoms with Gasteiger partial charge in [0.15, 0.2) is 0 Å². The molecule has 0 saturated carbocycles. The van der Waals surface area contributed by atoms with Crippen LogP contribution in [0, 0.1) is 13.8 Å². The van der Waals surface area contributed by atoms with Crippen LogP contribution in [-0.4, -0.2) is 9.78 Å². The molecule has 0 radical (unpaired) electrons. The Morgan fingerprint density at radius 3 is 2.63 bits per heavy atom. The molecule has 0 aliphatic heterocycles. The highest BCUT2D eigenvalue weighted by atomic mass is 79.9. The van der Waals surface area contributed by atoms with Crippen molar-refractivity contribution >= 4 is 27.5 Å². The van der Waals surface area contributed by atoms with E-state index in [9.17, 15) is 0 Å². The molecule has 1 aromatic heterocycles. The monoisotopic (exact) mass is 341 g/mol. The van der Waals surface area contributed by atoms with Crippen molar-refractivity contribution in [1.82, 2.24) is 15.1 Å². The van der Waals surface area contributed by atoms with E-state index in [1.807, 2.05) is 36.9 Å². The van der Waals surface area contributed by atoms with Crippen LogP contribution in [0.2, 0.25) is 5.02 Å². The Hall–Kier alpha value is -0.840. The third-order valence-electron chi connectivity index (χ3n) is 3.27. The third-order valence-corrected chi connectivity index (χ3v) is 4.49. The molecule has 19 heavy (non-hydrogen) atoms. The lowest BCUT2D eigenvalue weighted by Gasteiger charge is -2.07. The molecule has 1 aromatic carbocycles. The lowest BCUT2D eigenvalue weighted by molar-refractivity contribution is 0.684. The molecule has 2 aromatic rings. The summed E-state index contributed by atoms with van der Waals surface area (Å²) in [6.07, 6.45) is 0. The average Bonchev–Trinajstić information content (AvgIpc) is 2.60. The number of nitrogens with one attached hydrogen (secondary N) is 1. The number of halogens is 2. The van der Waals surface area contributed by atoms with Gasteiger partial charge in [-0.3, -0.25) is 4.68 Å². The van der Waals surface area contributed by atoms with E-state index in [1.54, 1.807) is 0 Å². The minimum absolute atomic E-state index is 0.739. The van der Waals surface area contributed by atoms with E-state index in [-0.39, 0.29) is 0 Å². The Morgan fingerprint density at radius 1 is 1.32 bits per heavy atom. The van der Waals surface area contributed by atoms with Crippen LogP contribution in [-0.2, 0) is 20.1 Å². The van der Waals surface area contributed by atoms with Gasteiger partial charge in [0.1, 0.15) is 0 Å². The largest absolute Gasteiger partial charge is 0.308 e. The van der Waals surface area contributed by atoms with Crippen LogP contribution >= 0.6 is 27.5 Å². The molecule has 0 atom stereocenters. The Morgan fingerprint density at radius 2 is 2.05 bits per heavy atom. The van der Waals surface area contributed by atoms with Crippen LogP contribution in [0.1, 0.15) is 22.5 Å². The van der Waals surface area contributed by atoms with Crippen molar-refractivity contribution in [3.8, 4) is 0 Å². The van der Waals surface area contributed by atoms with Crippen LogP contribution in [0.15, 0.2) is 22.7 Å². The van der Waals surface area contributed by atoms with E-state index in [0.717, 1.165) is 28.3 Å². The number of hydrogen-bond acceptors (Lipinski definition) is 2.